The summed E-state index contributed by atoms with van der Waals surface area (Å²) in [6.45, 7) is 8.85. The van der Waals surface area contributed by atoms with E-state index in [1.807, 2.05) is 13.8 Å². The summed E-state index contributed by atoms with van der Waals surface area (Å²) >= 11 is 0. The van der Waals surface area contributed by atoms with Crippen LogP contribution in [-0.4, -0.2) is 58.8 Å². The van der Waals surface area contributed by atoms with Gasteiger partial charge in [0.05, 0.1) is 32.1 Å². The standard InChI is InChI=1S/C35H65NO6/c1-5-9-10-11-12-13-14-15-16-17-18-19-20-21-22-23-24-25-26-36(27-30(6-2)33(37)38,28-31(7-3)34(39)40)29-32(8-4)35(41)42/h23-24,30-32H,5-22,25-29H2,1-4H3,(H2-,37,38,39,40,41,42)/b24-23+. The molecule has 0 aromatic heterocycles. The Balaban J connectivity index is 4.78. The fraction of sp³-hybridized carbons (Fsp3) is 0.857. The minimum absolute atomic E-state index is 0.172. The van der Waals surface area contributed by atoms with Gasteiger partial charge in [-0.3, -0.25) is 9.59 Å². The second-order valence-corrected chi connectivity index (χ2v) is 12.6. The van der Waals surface area contributed by atoms with Crippen LogP contribution in [-0.2, 0) is 14.4 Å². The Bertz CT molecular complexity index is 677. The van der Waals surface area contributed by atoms with Crippen molar-refractivity contribution in [2.24, 2.45) is 17.8 Å². The smallest absolute Gasteiger partial charge is 0.312 e. The predicted octanol–water partition coefficient (Wildman–Crippen LogP) is 7.62. The molecule has 0 rings (SSSR count). The van der Waals surface area contributed by atoms with E-state index in [1.165, 1.54) is 83.5 Å². The van der Waals surface area contributed by atoms with Gasteiger partial charge in [-0.05, 0) is 32.1 Å². The normalized spacial score (nSPS) is 15.3. The van der Waals surface area contributed by atoms with Gasteiger partial charge in [0.25, 0.3) is 0 Å². The number of carboxylic acid groups (broad SMARTS) is 3. The number of aliphatic carboxylic acids is 3. The van der Waals surface area contributed by atoms with Gasteiger partial charge in [0.2, 0.25) is 0 Å². The molecule has 0 aliphatic carbocycles. The molecule has 0 aromatic carbocycles. The number of hydrogen-bond donors (Lipinski definition) is 2. The molecular formula is C35H65NO6. The summed E-state index contributed by atoms with van der Waals surface area (Å²) in [7, 11) is 0. The minimum atomic E-state index is -1.15. The van der Waals surface area contributed by atoms with Crippen LogP contribution in [0.25, 0.3) is 0 Å². The number of carboxylic acids is 3. The highest BCUT2D eigenvalue weighted by Gasteiger charge is 2.39. The molecule has 0 amide bonds. The molecule has 42 heavy (non-hydrogen) atoms. The highest BCUT2D eigenvalue weighted by atomic mass is 16.4. The van der Waals surface area contributed by atoms with Crippen molar-refractivity contribution in [3.8, 4) is 0 Å². The minimum Gasteiger partial charge on any atom is -0.550 e. The van der Waals surface area contributed by atoms with E-state index in [0.717, 1.165) is 12.8 Å². The number of quaternary nitrogens is 1. The van der Waals surface area contributed by atoms with Gasteiger partial charge in [-0.25, -0.2) is 0 Å². The molecule has 0 saturated carbocycles. The molecule has 7 heteroatoms. The molecule has 0 saturated heterocycles. The Labute approximate surface area is 257 Å². The quantitative estimate of drug-likeness (QED) is 0.0501. The van der Waals surface area contributed by atoms with Crippen molar-refractivity contribution >= 4 is 17.9 Å². The van der Waals surface area contributed by atoms with E-state index in [0.29, 0.717) is 32.2 Å². The zero-order chi connectivity index (χ0) is 31.6. The van der Waals surface area contributed by atoms with Crippen LogP contribution >= 0.6 is 0 Å². The number of unbranched alkanes of at least 4 members (excludes halogenated alkanes) is 14. The summed E-state index contributed by atoms with van der Waals surface area (Å²) in [6.07, 6.45) is 25.8. The summed E-state index contributed by atoms with van der Waals surface area (Å²) in [6, 6.07) is 0. The van der Waals surface area contributed by atoms with Crippen molar-refractivity contribution in [3.05, 3.63) is 12.2 Å². The van der Waals surface area contributed by atoms with Crippen LogP contribution in [0.3, 0.4) is 0 Å². The summed E-state index contributed by atoms with van der Waals surface area (Å²) in [4.78, 5) is 35.8. The second-order valence-electron chi connectivity index (χ2n) is 12.6. The molecular weight excluding hydrogens is 530 g/mol. The van der Waals surface area contributed by atoms with Gasteiger partial charge in [-0.1, -0.05) is 123 Å². The summed E-state index contributed by atoms with van der Waals surface area (Å²) in [5.41, 5.74) is 0. The number of rotatable bonds is 30. The maximum atomic E-state index is 12.0. The van der Waals surface area contributed by atoms with Crippen LogP contribution in [0.5, 0.6) is 0 Å². The molecule has 0 spiro atoms. The molecule has 2 N–H and O–H groups in total. The van der Waals surface area contributed by atoms with Crippen LogP contribution in [0.1, 0.15) is 150 Å². The van der Waals surface area contributed by atoms with Crippen LogP contribution < -0.4 is 5.11 Å². The van der Waals surface area contributed by atoms with Crippen molar-refractivity contribution in [1.82, 2.24) is 0 Å². The van der Waals surface area contributed by atoms with E-state index in [1.54, 1.807) is 6.92 Å². The molecule has 0 aliphatic rings. The Kier molecular flexibility index (Phi) is 24.4. The number of carbonyl (C=O) groups excluding carboxylic acids is 1. The number of nitrogens with zero attached hydrogens (tertiary/aromatic N) is 1. The first kappa shape index (κ1) is 40.1. The highest BCUT2D eigenvalue weighted by Crippen LogP contribution is 2.24. The lowest BCUT2D eigenvalue weighted by molar-refractivity contribution is -0.934. The van der Waals surface area contributed by atoms with Crippen LogP contribution in [0, 0.1) is 17.8 Å². The molecule has 3 unspecified atom stereocenters. The third-order valence-corrected chi connectivity index (χ3v) is 8.99. The van der Waals surface area contributed by atoms with Gasteiger partial charge in [0.1, 0.15) is 11.8 Å². The largest absolute Gasteiger partial charge is 0.550 e. The van der Waals surface area contributed by atoms with Crippen molar-refractivity contribution in [1.29, 1.82) is 0 Å². The van der Waals surface area contributed by atoms with Gasteiger partial charge >= 0.3 is 11.9 Å². The van der Waals surface area contributed by atoms with Crippen molar-refractivity contribution < 1.29 is 34.2 Å². The number of carbonyl (C=O) groups is 3. The molecule has 0 bridgehead atoms. The van der Waals surface area contributed by atoms with Gasteiger partial charge in [-0.2, -0.15) is 0 Å². The van der Waals surface area contributed by atoms with Crippen molar-refractivity contribution in [3.63, 3.8) is 0 Å². The lowest BCUT2D eigenvalue weighted by atomic mass is 9.96. The third-order valence-electron chi connectivity index (χ3n) is 8.99. The SMILES string of the molecule is CCCCCCCCCCCCCCCC/C=C/CC[N+](CC(CC)C(=O)[O-])(CC(CC)C(=O)O)CC(CC)C(=O)O. The average Bonchev–Trinajstić information content (AvgIpc) is 2.96. The van der Waals surface area contributed by atoms with E-state index in [2.05, 4.69) is 19.1 Å². The lowest BCUT2D eigenvalue weighted by Crippen LogP contribution is -2.59. The predicted molar refractivity (Wildman–Crippen MR) is 170 cm³/mol. The maximum absolute atomic E-state index is 12.0. The maximum Gasteiger partial charge on any atom is 0.312 e. The van der Waals surface area contributed by atoms with E-state index in [-0.39, 0.29) is 24.1 Å². The van der Waals surface area contributed by atoms with E-state index in [4.69, 9.17) is 0 Å². The van der Waals surface area contributed by atoms with Gasteiger partial charge in [-0.15, -0.1) is 0 Å². The lowest BCUT2D eigenvalue weighted by Gasteiger charge is -2.44. The highest BCUT2D eigenvalue weighted by molar-refractivity contribution is 5.70. The fourth-order valence-corrected chi connectivity index (χ4v) is 6.07. The summed E-state index contributed by atoms with van der Waals surface area (Å²) in [5.74, 6) is -5.05. The Morgan fingerprint density at radius 1 is 0.571 bits per heavy atom. The number of allylic oxidation sites excluding steroid dienone is 1. The summed E-state index contributed by atoms with van der Waals surface area (Å²) in [5, 5.41) is 31.5. The van der Waals surface area contributed by atoms with Crippen molar-refractivity contribution in [2.75, 3.05) is 26.2 Å². The fourth-order valence-electron chi connectivity index (χ4n) is 6.07. The van der Waals surface area contributed by atoms with Gasteiger partial charge in [0, 0.05) is 12.3 Å². The average molecular weight is 596 g/mol. The molecule has 246 valence electrons. The van der Waals surface area contributed by atoms with E-state index in [9.17, 15) is 29.7 Å². The molecule has 0 radical (unpaired) electrons. The molecule has 0 heterocycles. The zero-order valence-corrected chi connectivity index (χ0v) is 27.6. The first-order valence-electron chi connectivity index (χ1n) is 17.3. The van der Waals surface area contributed by atoms with E-state index < -0.39 is 35.7 Å². The number of hydrogen-bond acceptors (Lipinski definition) is 4. The molecule has 0 aliphatic heterocycles. The topological polar surface area (TPSA) is 115 Å². The first-order valence-corrected chi connectivity index (χ1v) is 17.3. The van der Waals surface area contributed by atoms with Gasteiger partial charge < -0.3 is 24.6 Å². The van der Waals surface area contributed by atoms with E-state index >= 15 is 0 Å². The van der Waals surface area contributed by atoms with Crippen LogP contribution in [0.2, 0.25) is 0 Å². The van der Waals surface area contributed by atoms with Gasteiger partial charge in [0.15, 0.2) is 0 Å². The van der Waals surface area contributed by atoms with Crippen LogP contribution in [0.15, 0.2) is 12.2 Å². The molecule has 0 fully saturated rings. The first-order chi connectivity index (χ1) is 20.2. The molecule has 3 atom stereocenters. The van der Waals surface area contributed by atoms with Crippen molar-refractivity contribution in [2.45, 2.75) is 150 Å². The third kappa shape index (κ3) is 19.3. The molecule has 7 nitrogen and oxygen atoms in total. The zero-order valence-electron chi connectivity index (χ0n) is 27.6. The monoisotopic (exact) mass is 595 g/mol. The van der Waals surface area contributed by atoms with Crippen LogP contribution in [0.4, 0.5) is 0 Å². The molecule has 0 aromatic rings. The Hall–Kier alpha value is -1.89. The Morgan fingerprint density at radius 2 is 0.929 bits per heavy atom. The second kappa shape index (κ2) is 25.6. The summed E-state index contributed by atoms with van der Waals surface area (Å²) < 4.78 is 0.172. The Morgan fingerprint density at radius 3 is 1.29 bits per heavy atom.